The number of hydrogen-bond donors (Lipinski definition) is 1. The zero-order chi connectivity index (χ0) is 9.82. The molecule has 0 saturated heterocycles. The van der Waals surface area contributed by atoms with E-state index in [1.54, 1.807) is 0 Å². The first kappa shape index (κ1) is 14.4. The first-order chi connectivity index (χ1) is 5.72. The van der Waals surface area contributed by atoms with Crippen molar-refractivity contribution >= 4 is 0 Å². The lowest BCUT2D eigenvalue weighted by molar-refractivity contribution is -0.275. The molecule has 0 aliphatic carbocycles. The highest BCUT2D eigenvalue weighted by molar-refractivity contribution is 4.41. The average Bonchev–Trinajstić information content (AvgIpc) is 2.14. The van der Waals surface area contributed by atoms with Gasteiger partial charge in [0.25, 0.3) is 0 Å². The molecule has 1 N–H and O–H groups in total. The summed E-state index contributed by atoms with van der Waals surface area (Å²) in [6.45, 7) is 6.99. The molecule has 0 fully saturated rings. The van der Waals surface area contributed by atoms with Gasteiger partial charge in [0.05, 0.1) is 13.7 Å². The van der Waals surface area contributed by atoms with Crippen LogP contribution in [0.4, 0.5) is 0 Å². The fraction of sp³-hybridized carbons (Fsp3) is 1.00. The Morgan fingerprint density at radius 1 is 1.25 bits per heavy atom. The lowest BCUT2D eigenvalue weighted by Gasteiger charge is -1.98. The molecule has 0 saturated carbocycles. The maximum Gasteiger partial charge on any atom is 0.105 e. The summed E-state index contributed by atoms with van der Waals surface area (Å²) in [5.41, 5.74) is 0. The Kier molecular flexibility index (Phi) is 16.2. The lowest BCUT2D eigenvalue weighted by Crippen LogP contribution is -1.96. The molecule has 0 atom stereocenters. The second kappa shape index (κ2) is 13.5. The van der Waals surface area contributed by atoms with E-state index < -0.39 is 0 Å². The third kappa shape index (κ3) is 16.5. The van der Waals surface area contributed by atoms with Crippen LogP contribution >= 0.6 is 0 Å². The molecule has 12 heavy (non-hydrogen) atoms. The second-order valence-electron chi connectivity index (χ2n) is 2.63. The van der Waals surface area contributed by atoms with Crippen LogP contribution in [-0.2, 0) is 9.78 Å². The molecular weight excluding hydrogens is 156 g/mol. The minimum absolute atomic E-state index is 0.00778. The zero-order valence-corrected chi connectivity index (χ0v) is 8.67. The Morgan fingerprint density at radius 3 is 1.83 bits per heavy atom. The summed E-state index contributed by atoms with van der Waals surface area (Å²) in [5.74, 6) is 0.935. The predicted molar refractivity (Wildman–Crippen MR) is 49.8 cm³/mol. The van der Waals surface area contributed by atoms with Gasteiger partial charge in [-0.1, -0.05) is 33.6 Å². The average molecular weight is 178 g/mol. The maximum atomic E-state index is 7.99. The van der Waals surface area contributed by atoms with E-state index in [2.05, 4.69) is 30.5 Å². The van der Waals surface area contributed by atoms with Crippen LogP contribution in [-0.4, -0.2) is 25.4 Å². The minimum Gasteiger partial charge on any atom is -0.394 e. The number of aliphatic hydroxyl groups excluding tert-OH is 1. The van der Waals surface area contributed by atoms with E-state index in [0.29, 0.717) is 0 Å². The number of aliphatic hydroxyl groups is 1. The highest BCUT2D eigenvalue weighted by Gasteiger charge is 1.88. The third-order valence-corrected chi connectivity index (χ3v) is 1.69. The van der Waals surface area contributed by atoms with E-state index in [1.807, 2.05) is 0 Å². The smallest absolute Gasteiger partial charge is 0.105 e. The van der Waals surface area contributed by atoms with Crippen molar-refractivity contribution in [1.82, 2.24) is 0 Å². The first-order valence-corrected chi connectivity index (χ1v) is 4.49. The number of rotatable bonds is 5. The van der Waals surface area contributed by atoms with Gasteiger partial charge in [-0.3, -0.25) is 0 Å². The zero-order valence-electron chi connectivity index (χ0n) is 8.67. The molecule has 0 amide bonds. The van der Waals surface area contributed by atoms with Crippen LogP contribution in [0, 0.1) is 5.92 Å². The topological polar surface area (TPSA) is 38.7 Å². The van der Waals surface area contributed by atoms with Gasteiger partial charge in [-0.25, -0.2) is 9.78 Å². The summed E-state index contributed by atoms with van der Waals surface area (Å²) in [7, 11) is 1.40. The monoisotopic (exact) mass is 178 g/mol. The fourth-order valence-corrected chi connectivity index (χ4v) is 0.409. The van der Waals surface area contributed by atoms with Crippen LogP contribution in [0.15, 0.2) is 0 Å². The largest absolute Gasteiger partial charge is 0.394 e. The molecule has 0 aliphatic heterocycles. The molecular formula is C9H22O3. The maximum absolute atomic E-state index is 7.99. The molecule has 0 unspecified atom stereocenters. The summed E-state index contributed by atoms with van der Waals surface area (Å²) in [6.07, 6.45) is 2.66. The van der Waals surface area contributed by atoms with Gasteiger partial charge in [-0.05, 0) is 5.92 Å². The summed E-state index contributed by atoms with van der Waals surface area (Å²) in [5, 5.41) is 7.99. The first-order valence-electron chi connectivity index (χ1n) is 4.49. The summed E-state index contributed by atoms with van der Waals surface area (Å²) >= 11 is 0. The van der Waals surface area contributed by atoms with Crippen LogP contribution in [0.3, 0.4) is 0 Å². The predicted octanol–water partition coefficient (Wildman–Crippen LogP) is 2.00. The summed E-state index contributed by atoms with van der Waals surface area (Å²) in [4.78, 5) is 8.35. The van der Waals surface area contributed by atoms with Crippen LogP contribution in [0.2, 0.25) is 0 Å². The van der Waals surface area contributed by atoms with Crippen molar-refractivity contribution in [2.45, 2.75) is 33.6 Å². The molecule has 0 spiro atoms. The van der Waals surface area contributed by atoms with Crippen molar-refractivity contribution in [3.05, 3.63) is 0 Å². The Bertz CT molecular complexity index is 58.8. The Labute approximate surface area is 75.6 Å². The van der Waals surface area contributed by atoms with Crippen molar-refractivity contribution in [2.24, 2.45) is 5.92 Å². The third-order valence-electron chi connectivity index (χ3n) is 1.69. The minimum atomic E-state index is 0.00778. The van der Waals surface area contributed by atoms with E-state index in [9.17, 15) is 0 Å². The Hall–Kier alpha value is -0.120. The van der Waals surface area contributed by atoms with Crippen LogP contribution in [0.1, 0.15) is 33.6 Å². The fourth-order valence-electron chi connectivity index (χ4n) is 0.409. The van der Waals surface area contributed by atoms with Gasteiger partial charge >= 0.3 is 0 Å². The van der Waals surface area contributed by atoms with E-state index in [0.717, 1.165) is 5.92 Å². The molecule has 0 heterocycles. The molecule has 3 heteroatoms. The van der Waals surface area contributed by atoms with Gasteiger partial charge in [0, 0.05) is 0 Å². The summed E-state index contributed by atoms with van der Waals surface area (Å²) in [6, 6.07) is 0. The van der Waals surface area contributed by atoms with Crippen LogP contribution in [0.25, 0.3) is 0 Å². The highest BCUT2D eigenvalue weighted by atomic mass is 17.2. The van der Waals surface area contributed by atoms with Gasteiger partial charge in [-0.2, -0.15) is 0 Å². The standard InChI is InChI=1S/C6H14.C3H8O3/c1-4-6(3)5-2;1-5-6-3-2-4/h6H,4-5H2,1-3H3;4H,2-3H2,1H3. The van der Waals surface area contributed by atoms with Crippen molar-refractivity contribution in [3.8, 4) is 0 Å². The molecule has 76 valence electrons. The van der Waals surface area contributed by atoms with Crippen LogP contribution < -0.4 is 0 Å². The van der Waals surface area contributed by atoms with Gasteiger partial charge in [0.1, 0.15) is 6.61 Å². The summed E-state index contributed by atoms with van der Waals surface area (Å²) < 4.78 is 0. The van der Waals surface area contributed by atoms with E-state index in [4.69, 9.17) is 5.11 Å². The van der Waals surface area contributed by atoms with Gasteiger partial charge < -0.3 is 5.11 Å². The van der Waals surface area contributed by atoms with Crippen molar-refractivity contribution in [3.63, 3.8) is 0 Å². The second-order valence-corrected chi connectivity index (χ2v) is 2.63. The molecule has 0 aromatic carbocycles. The Morgan fingerprint density at radius 2 is 1.75 bits per heavy atom. The van der Waals surface area contributed by atoms with E-state index >= 15 is 0 Å². The Balaban J connectivity index is 0. The molecule has 0 rings (SSSR count). The van der Waals surface area contributed by atoms with Gasteiger partial charge in [0.15, 0.2) is 0 Å². The normalized spacial score (nSPS) is 9.50. The van der Waals surface area contributed by atoms with Crippen molar-refractivity contribution in [2.75, 3.05) is 20.3 Å². The van der Waals surface area contributed by atoms with Gasteiger partial charge in [-0.15, -0.1) is 0 Å². The van der Waals surface area contributed by atoms with Gasteiger partial charge in [0.2, 0.25) is 0 Å². The quantitative estimate of drug-likeness (QED) is 0.397. The van der Waals surface area contributed by atoms with Crippen molar-refractivity contribution < 1.29 is 14.9 Å². The SMILES string of the molecule is CCC(C)CC.COOCCO. The molecule has 0 aliphatic rings. The molecule has 3 nitrogen and oxygen atoms in total. The van der Waals surface area contributed by atoms with E-state index in [-0.39, 0.29) is 13.2 Å². The van der Waals surface area contributed by atoms with Crippen LogP contribution in [0.5, 0.6) is 0 Å². The molecule has 0 aromatic heterocycles. The number of hydrogen-bond acceptors (Lipinski definition) is 3. The van der Waals surface area contributed by atoms with Crippen molar-refractivity contribution in [1.29, 1.82) is 0 Å². The van der Waals surface area contributed by atoms with E-state index in [1.165, 1.54) is 20.0 Å². The highest BCUT2D eigenvalue weighted by Crippen LogP contribution is 2.02. The lowest BCUT2D eigenvalue weighted by atomic mass is 10.1. The molecule has 0 aromatic rings. The molecule has 0 bridgehead atoms. The molecule has 0 radical (unpaired) electrons.